The maximum absolute atomic E-state index is 13.3. The van der Waals surface area contributed by atoms with Crippen LogP contribution < -0.4 is 5.32 Å². The summed E-state index contributed by atoms with van der Waals surface area (Å²) in [7, 11) is 0. The number of amides is 1. The number of aromatic nitrogens is 1. The van der Waals surface area contributed by atoms with Crippen molar-refractivity contribution in [2.45, 2.75) is 26.3 Å². The van der Waals surface area contributed by atoms with Gasteiger partial charge in [0.2, 0.25) is 0 Å². The van der Waals surface area contributed by atoms with Gasteiger partial charge in [-0.05, 0) is 59.4 Å². The van der Waals surface area contributed by atoms with Gasteiger partial charge in [-0.1, -0.05) is 6.92 Å². The fourth-order valence-corrected chi connectivity index (χ4v) is 4.06. The lowest BCUT2D eigenvalue weighted by Gasteiger charge is -2.30. The number of carbonyl (C=O) groups excluding carboxylic acids is 1. The number of hydrogen-bond donors (Lipinski definition) is 1. The zero-order valence-electron chi connectivity index (χ0n) is 13.4. The molecular formula is C17H19BrFN3OS. The van der Waals surface area contributed by atoms with Crippen LogP contribution in [0.3, 0.4) is 0 Å². The molecule has 1 aromatic heterocycles. The Bertz CT molecular complexity index is 736. The molecule has 1 amide bonds. The minimum Gasteiger partial charge on any atom is -0.298 e. The molecule has 24 heavy (non-hydrogen) atoms. The summed E-state index contributed by atoms with van der Waals surface area (Å²) in [5, 5.41) is 5.25. The molecule has 1 aromatic carbocycles. The van der Waals surface area contributed by atoms with E-state index in [4.69, 9.17) is 0 Å². The van der Waals surface area contributed by atoms with Gasteiger partial charge in [-0.25, -0.2) is 9.37 Å². The van der Waals surface area contributed by atoms with Gasteiger partial charge in [-0.15, -0.1) is 11.3 Å². The van der Waals surface area contributed by atoms with E-state index in [1.807, 2.05) is 5.38 Å². The van der Waals surface area contributed by atoms with E-state index in [2.05, 4.69) is 38.1 Å². The Morgan fingerprint density at radius 2 is 2.38 bits per heavy atom. The Morgan fingerprint density at radius 1 is 1.54 bits per heavy atom. The van der Waals surface area contributed by atoms with Crippen molar-refractivity contribution in [3.8, 4) is 0 Å². The van der Waals surface area contributed by atoms with Crippen LogP contribution in [0.25, 0.3) is 0 Å². The quantitative estimate of drug-likeness (QED) is 0.803. The number of rotatable bonds is 4. The average Bonchev–Trinajstić information content (AvgIpc) is 2.96. The number of hydrogen-bond acceptors (Lipinski definition) is 4. The maximum Gasteiger partial charge on any atom is 0.258 e. The lowest BCUT2D eigenvalue weighted by Crippen LogP contribution is -2.33. The van der Waals surface area contributed by atoms with Crippen molar-refractivity contribution in [1.29, 1.82) is 0 Å². The van der Waals surface area contributed by atoms with Crippen LogP contribution in [0.15, 0.2) is 28.1 Å². The van der Waals surface area contributed by atoms with Crippen molar-refractivity contribution in [2.24, 2.45) is 5.92 Å². The molecule has 0 radical (unpaired) electrons. The topological polar surface area (TPSA) is 45.2 Å². The SMILES string of the molecule is C[C@@H]1CCCN(Cc2csc(NC(=O)c3cc(F)ccc3Br)n2)C1. The molecular weight excluding hydrogens is 393 g/mol. The number of nitrogens with zero attached hydrogens (tertiary/aromatic N) is 2. The molecule has 0 aliphatic carbocycles. The van der Waals surface area contributed by atoms with Crippen LogP contribution in [-0.2, 0) is 6.54 Å². The van der Waals surface area contributed by atoms with E-state index in [0.29, 0.717) is 9.60 Å². The fraction of sp³-hybridized carbons (Fsp3) is 0.412. The monoisotopic (exact) mass is 411 g/mol. The average molecular weight is 412 g/mol. The summed E-state index contributed by atoms with van der Waals surface area (Å²) in [5.41, 5.74) is 1.22. The standard InChI is InChI=1S/C17H19BrFN3OS/c1-11-3-2-6-22(8-11)9-13-10-24-17(20-13)21-16(23)14-7-12(19)4-5-15(14)18/h4-5,7,10-11H,2-3,6,8-9H2,1H3,(H,20,21,23)/t11-/m1/s1. The zero-order valence-corrected chi connectivity index (χ0v) is 15.8. The van der Waals surface area contributed by atoms with E-state index >= 15 is 0 Å². The predicted octanol–water partition coefficient (Wildman–Crippen LogP) is 4.53. The van der Waals surface area contributed by atoms with E-state index in [-0.39, 0.29) is 11.5 Å². The highest BCUT2D eigenvalue weighted by Gasteiger charge is 2.18. The van der Waals surface area contributed by atoms with Crippen LogP contribution in [0.1, 0.15) is 35.8 Å². The summed E-state index contributed by atoms with van der Waals surface area (Å²) >= 11 is 4.66. The molecule has 2 aromatic rings. The highest BCUT2D eigenvalue weighted by atomic mass is 79.9. The largest absolute Gasteiger partial charge is 0.298 e. The lowest BCUT2D eigenvalue weighted by atomic mass is 10.0. The van der Waals surface area contributed by atoms with Gasteiger partial charge in [-0.3, -0.25) is 15.0 Å². The van der Waals surface area contributed by atoms with E-state index in [9.17, 15) is 9.18 Å². The third-order valence-corrected chi connectivity index (χ3v) is 5.57. The number of halogens is 2. The van der Waals surface area contributed by atoms with E-state index in [0.717, 1.165) is 31.2 Å². The Labute approximate surface area is 153 Å². The van der Waals surface area contributed by atoms with Crippen molar-refractivity contribution in [1.82, 2.24) is 9.88 Å². The number of benzene rings is 1. The Morgan fingerprint density at radius 3 is 3.17 bits per heavy atom. The number of likely N-dealkylation sites (tertiary alicyclic amines) is 1. The summed E-state index contributed by atoms with van der Waals surface area (Å²) < 4.78 is 13.9. The molecule has 1 N–H and O–H groups in total. The fourth-order valence-electron chi connectivity index (χ4n) is 2.93. The molecule has 1 fully saturated rings. The first-order valence-corrected chi connectivity index (χ1v) is 9.61. The zero-order chi connectivity index (χ0) is 17.1. The van der Waals surface area contributed by atoms with Crippen molar-refractivity contribution in [2.75, 3.05) is 18.4 Å². The Balaban J connectivity index is 1.63. The third-order valence-electron chi connectivity index (χ3n) is 4.07. The van der Waals surface area contributed by atoms with E-state index in [1.165, 1.54) is 42.4 Å². The molecule has 1 atom stereocenters. The minimum atomic E-state index is -0.442. The molecule has 2 heterocycles. The lowest BCUT2D eigenvalue weighted by molar-refractivity contribution is 0.102. The number of nitrogens with one attached hydrogen (secondary N) is 1. The second kappa shape index (κ2) is 7.72. The van der Waals surface area contributed by atoms with Gasteiger partial charge in [0.25, 0.3) is 5.91 Å². The maximum atomic E-state index is 13.3. The summed E-state index contributed by atoms with van der Waals surface area (Å²) in [4.78, 5) is 19.2. The number of piperidine rings is 1. The molecule has 0 bridgehead atoms. The summed E-state index contributed by atoms with van der Waals surface area (Å²) in [6, 6.07) is 4.04. The highest BCUT2D eigenvalue weighted by Crippen LogP contribution is 2.23. The van der Waals surface area contributed by atoms with Crippen LogP contribution in [0.5, 0.6) is 0 Å². The summed E-state index contributed by atoms with van der Waals surface area (Å²) in [6.45, 7) is 5.27. The molecule has 1 saturated heterocycles. The predicted molar refractivity (Wildman–Crippen MR) is 97.8 cm³/mol. The van der Waals surface area contributed by atoms with Crippen molar-refractivity contribution >= 4 is 38.3 Å². The molecule has 1 aliphatic rings. The van der Waals surface area contributed by atoms with Gasteiger partial charge >= 0.3 is 0 Å². The van der Waals surface area contributed by atoms with E-state index < -0.39 is 5.82 Å². The highest BCUT2D eigenvalue weighted by molar-refractivity contribution is 9.10. The second-order valence-electron chi connectivity index (χ2n) is 6.20. The van der Waals surface area contributed by atoms with Gasteiger partial charge in [0, 0.05) is 22.9 Å². The molecule has 1 aliphatic heterocycles. The first-order valence-electron chi connectivity index (χ1n) is 7.94. The number of thiazole rings is 1. The molecule has 0 saturated carbocycles. The molecule has 4 nitrogen and oxygen atoms in total. The van der Waals surface area contributed by atoms with Crippen molar-refractivity contribution < 1.29 is 9.18 Å². The minimum absolute atomic E-state index is 0.261. The Hall–Kier alpha value is -1.31. The summed E-state index contributed by atoms with van der Waals surface area (Å²) in [5.74, 6) is -0.0850. The first-order chi connectivity index (χ1) is 11.5. The van der Waals surface area contributed by atoms with Crippen LogP contribution in [0.4, 0.5) is 9.52 Å². The second-order valence-corrected chi connectivity index (χ2v) is 7.92. The third kappa shape index (κ3) is 4.40. The van der Waals surface area contributed by atoms with Crippen LogP contribution in [0.2, 0.25) is 0 Å². The summed E-state index contributed by atoms with van der Waals surface area (Å²) in [6.07, 6.45) is 2.51. The van der Waals surface area contributed by atoms with E-state index in [1.54, 1.807) is 0 Å². The van der Waals surface area contributed by atoms with Gasteiger partial charge < -0.3 is 0 Å². The van der Waals surface area contributed by atoms with Crippen LogP contribution in [-0.4, -0.2) is 28.9 Å². The molecule has 128 valence electrons. The van der Waals surface area contributed by atoms with Gasteiger partial charge in [0.15, 0.2) is 5.13 Å². The van der Waals surface area contributed by atoms with Gasteiger partial charge in [-0.2, -0.15) is 0 Å². The molecule has 0 unspecified atom stereocenters. The smallest absolute Gasteiger partial charge is 0.258 e. The normalized spacial score (nSPS) is 18.5. The Kier molecular flexibility index (Phi) is 5.63. The van der Waals surface area contributed by atoms with Gasteiger partial charge in [0.05, 0.1) is 11.3 Å². The molecule has 0 spiro atoms. The molecule has 7 heteroatoms. The molecule has 3 rings (SSSR count). The first kappa shape index (κ1) is 17.5. The number of carbonyl (C=O) groups is 1. The number of anilines is 1. The van der Waals surface area contributed by atoms with Crippen molar-refractivity contribution in [3.63, 3.8) is 0 Å². The van der Waals surface area contributed by atoms with Crippen molar-refractivity contribution in [3.05, 3.63) is 45.1 Å². The van der Waals surface area contributed by atoms with Crippen LogP contribution >= 0.6 is 27.3 Å². The van der Waals surface area contributed by atoms with Gasteiger partial charge in [0.1, 0.15) is 5.82 Å². The van der Waals surface area contributed by atoms with Crippen LogP contribution in [0, 0.1) is 11.7 Å².